The molecule has 0 aliphatic carbocycles. The summed E-state index contributed by atoms with van der Waals surface area (Å²) in [5, 5.41) is 3.17. The van der Waals surface area contributed by atoms with E-state index in [1.807, 2.05) is 24.3 Å². The van der Waals surface area contributed by atoms with E-state index in [0.29, 0.717) is 0 Å². The second kappa shape index (κ2) is 3.85. The summed E-state index contributed by atoms with van der Waals surface area (Å²) in [5.41, 5.74) is 2.70. The maximum atomic E-state index is 5.34. The van der Waals surface area contributed by atoms with Crippen molar-refractivity contribution in [2.45, 2.75) is 13.3 Å². The van der Waals surface area contributed by atoms with Gasteiger partial charge in [0.25, 0.3) is 0 Å². The number of nitrogens with zero attached hydrogens (tertiary/aromatic N) is 2. The van der Waals surface area contributed by atoms with E-state index in [1.165, 1.54) is 0 Å². The first-order valence-corrected chi connectivity index (χ1v) is 5.84. The fourth-order valence-corrected chi connectivity index (χ4v) is 2.05. The Bertz CT molecular complexity index is 709. The Hall–Kier alpha value is -1.88. The van der Waals surface area contributed by atoms with Crippen LogP contribution in [-0.2, 0) is 6.42 Å². The third-order valence-electron chi connectivity index (χ3n) is 2.65. The van der Waals surface area contributed by atoms with Crippen molar-refractivity contribution in [1.29, 1.82) is 0 Å². The molecule has 0 spiro atoms. The van der Waals surface area contributed by atoms with E-state index in [9.17, 15) is 0 Å². The topological polar surface area (TPSA) is 46.2 Å². The molecule has 3 aromatic rings. The molecule has 86 valence electrons. The highest BCUT2D eigenvalue weighted by molar-refractivity contribution is 7.71. The van der Waals surface area contributed by atoms with Gasteiger partial charge in [-0.15, -0.1) is 0 Å². The molecular formula is C12H11N3OS. The van der Waals surface area contributed by atoms with E-state index in [-0.39, 0.29) is 0 Å². The number of fused-ring (bicyclic) bond motifs is 1. The van der Waals surface area contributed by atoms with E-state index in [1.54, 1.807) is 10.8 Å². The quantitative estimate of drug-likeness (QED) is 0.705. The molecule has 0 radical (unpaired) electrons. The zero-order chi connectivity index (χ0) is 11.8. The summed E-state index contributed by atoms with van der Waals surface area (Å²) in [6, 6.07) is 7.60. The summed E-state index contributed by atoms with van der Waals surface area (Å²) in [4.78, 5) is 4.51. The molecule has 0 aliphatic heterocycles. The molecule has 0 saturated carbocycles. The fraction of sp³-hybridized carbons (Fsp3) is 0.167. The van der Waals surface area contributed by atoms with Crippen LogP contribution in [0.4, 0.5) is 0 Å². The Morgan fingerprint density at radius 2 is 2.35 bits per heavy atom. The Morgan fingerprint density at radius 1 is 1.47 bits per heavy atom. The molecule has 0 atom stereocenters. The zero-order valence-corrected chi connectivity index (χ0v) is 10.1. The minimum Gasteiger partial charge on any atom is -0.463 e. The van der Waals surface area contributed by atoms with Crippen LogP contribution in [0.1, 0.15) is 12.6 Å². The van der Waals surface area contributed by atoms with E-state index in [4.69, 9.17) is 16.6 Å². The van der Waals surface area contributed by atoms with Crippen LogP contribution in [0.2, 0.25) is 0 Å². The number of rotatable bonds is 2. The first kappa shape index (κ1) is 10.3. The van der Waals surface area contributed by atoms with Gasteiger partial charge in [-0.25, -0.2) is 9.50 Å². The Morgan fingerprint density at radius 3 is 3.06 bits per heavy atom. The van der Waals surface area contributed by atoms with Crippen LogP contribution in [0.25, 0.3) is 17.1 Å². The van der Waals surface area contributed by atoms with Gasteiger partial charge in [0.15, 0.2) is 11.4 Å². The molecule has 4 nitrogen and oxygen atoms in total. The van der Waals surface area contributed by atoms with Gasteiger partial charge in [0.1, 0.15) is 10.3 Å². The lowest BCUT2D eigenvalue weighted by Gasteiger charge is -1.97. The summed E-state index contributed by atoms with van der Waals surface area (Å²) < 4.78 is 7.85. The van der Waals surface area contributed by atoms with Crippen LogP contribution in [0.3, 0.4) is 0 Å². The van der Waals surface area contributed by atoms with E-state index in [0.717, 1.165) is 33.9 Å². The van der Waals surface area contributed by atoms with Crippen molar-refractivity contribution in [3.8, 4) is 11.5 Å². The second-order valence-corrected chi connectivity index (χ2v) is 4.20. The van der Waals surface area contributed by atoms with Crippen LogP contribution in [0.5, 0.6) is 0 Å². The van der Waals surface area contributed by atoms with Crippen molar-refractivity contribution in [3.05, 3.63) is 40.9 Å². The monoisotopic (exact) mass is 245 g/mol. The standard InChI is InChI=1S/C12H11N3OS/c1-2-8-6-12(17)15-11(13-8)7-9(14-15)10-4-3-5-16-10/h3-7,14H,2H2,1H3. The van der Waals surface area contributed by atoms with Crippen LogP contribution in [0.15, 0.2) is 34.9 Å². The molecule has 3 aromatic heterocycles. The Kier molecular flexibility index (Phi) is 2.33. The number of aryl methyl sites for hydroxylation is 1. The fourth-order valence-electron chi connectivity index (χ4n) is 1.78. The molecule has 3 heterocycles. The van der Waals surface area contributed by atoms with Gasteiger partial charge in [-0.2, -0.15) is 0 Å². The third-order valence-corrected chi connectivity index (χ3v) is 2.95. The van der Waals surface area contributed by atoms with Crippen molar-refractivity contribution < 1.29 is 4.42 Å². The zero-order valence-electron chi connectivity index (χ0n) is 9.30. The van der Waals surface area contributed by atoms with Gasteiger partial charge in [-0.3, -0.25) is 5.10 Å². The first-order valence-electron chi connectivity index (χ1n) is 5.43. The average molecular weight is 245 g/mol. The van der Waals surface area contributed by atoms with Crippen molar-refractivity contribution in [2.24, 2.45) is 0 Å². The number of aromatic amines is 1. The number of hydrogen-bond acceptors (Lipinski definition) is 3. The van der Waals surface area contributed by atoms with Gasteiger partial charge in [0, 0.05) is 11.8 Å². The van der Waals surface area contributed by atoms with Crippen LogP contribution < -0.4 is 0 Å². The summed E-state index contributed by atoms with van der Waals surface area (Å²) in [6.07, 6.45) is 2.52. The second-order valence-electron chi connectivity index (χ2n) is 3.78. The first-order chi connectivity index (χ1) is 8.28. The van der Waals surface area contributed by atoms with Gasteiger partial charge >= 0.3 is 0 Å². The van der Waals surface area contributed by atoms with Gasteiger partial charge in [-0.05, 0) is 24.6 Å². The molecule has 1 N–H and O–H groups in total. The third kappa shape index (κ3) is 1.68. The number of hydrogen-bond donors (Lipinski definition) is 1. The number of nitrogens with one attached hydrogen (secondary N) is 1. The molecule has 0 aromatic carbocycles. The Labute approximate surface area is 103 Å². The van der Waals surface area contributed by atoms with Crippen LogP contribution in [-0.4, -0.2) is 14.6 Å². The van der Waals surface area contributed by atoms with Crippen LogP contribution in [0, 0.1) is 4.64 Å². The van der Waals surface area contributed by atoms with Crippen molar-refractivity contribution in [2.75, 3.05) is 0 Å². The van der Waals surface area contributed by atoms with Gasteiger partial charge < -0.3 is 4.42 Å². The van der Waals surface area contributed by atoms with Gasteiger partial charge in [0.2, 0.25) is 0 Å². The smallest absolute Gasteiger partial charge is 0.155 e. The SMILES string of the molecule is CCc1cc(=S)n2[nH]c(-c3ccco3)cc2n1. The Balaban J connectivity index is 2.26. The minimum atomic E-state index is 0.727. The lowest BCUT2D eigenvalue weighted by Crippen LogP contribution is -1.95. The molecular weight excluding hydrogens is 234 g/mol. The lowest BCUT2D eigenvalue weighted by molar-refractivity contribution is 0.579. The number of H-pyrrole nitrogens is 1. The molecule has 0 amide bonds. The largest absolute Gasteiger partial charge is 0.463 e. The normalized spacial score (nSPS) is 11.1. The van der Waals surface area contributed by atoms with Gasteiger partial charge in [0.05, 0.1) is 6.26 Å². The van der Waals surface area contributed by atoms with Crippen molar-refractivity contribution in [1.82, 2.24) is 14.6 Å². The van der Waals surface area contributed by atoms with Crippen molar-refractivity contribution in [3.63, 3.8) is 0 Å². The molecule has 0 unspecified atom stereocenters. The van der Waals surface area contributed by atoms with Gasteiger partial charge in [-0.1, -0.05) is 19.1 Å². The summed E-state index contributed by atoms with van der Waals surface area (Å²) in [7, 11) is 0. The highest BCUT2D eigenvalue weighted by Gasteiger charge is 2.07. The molecule has 3 rings (SSSR count). The molecule has 0 bridgehead atoms. The van der Waals surface area contributed by atoms with Crippen molar-refractivity contribution >= 4 is 17.9 Å². The summed E-state index contributed by atoms with van der Waals surface area (Å²) in [5.74, 6) is 0.781. The lowest BCUT2D eigenvalue weighted by atomic mass is 10.3. The average Bonchev–Trinajstić information content (AvgIpc) is 2.96. The summed E-state index contributed by atoms with van der Waals surface area (Å²) >= 11 is 5.31. The number of furan rings is 1. The predicted octanol–water partition coefficient (Wildman–Crippen LogP) is 3.21. The van der Waals surface area contributed by atoms with E-state index in [2.05, 4.69) is 17.0 Å². The highest BCUT2D eigenvalue weighted by Crippen LogP contribution is 2.19. The van der Waals surface area contributed by atoms with E-state index >= 15 is 0 Å². The molecule has 17 heavy (non-hydrogen) atoms. The molecule has 0 aliphatic rings. The molecule has 5 heteroatoms. The summed E-state index contributed by atoms with van der Waals surface area (Å²) in [6.45, 7) is 2.06. The molecule has 0 fully saturated rings. The van der Waals surface area contributed by atoms with E-state index < -0.39 is 0 Å². The molecule has 0 saturated heterocycles. The minimum absolute atomic E-state index is 0.727. The highest BCUT2D eigenvalue weighted by atomic mass is 32.1. The maximum Gasteiger partial charge on any atom is 0.155 e. The number of aromatic nitrogens is 3. The maximum absolute atomic E-state index is 5.34. The van der Waals surface area contributed by atoms with Crippen LogP contribution >= 0.6 is 12.2 Å². The predicted molar refractivity (Wildman–Crippen MR) is 67.5 cm³/mol.